The fourth-order valence-electron chi connectivity index (χ4n) is 2.64. The average Bonchev–Trinajstić information content (AvgIpc) is 2.85. The van der Waals surface area contributed by atoms with E-state index in [0.717, 1.165) is 24.1 Å². The lowest BCUT2D eigenvalue weighted by molar-refractivity contribution is 0.219. The molecule has 0 aliphatic carbocycles. The quantitative estimate of drug-likeness (QED) is 0.850. The summed E-state index contributed by atoms with van der Waals surface area (Å²) in [5.74, 6) is 2.00. The first kappa shape index (κ1) is 11.7. The monoisotopic (exact) mass is 222 g/mol. The van der Waals surface area contributed by atoms with Crippen molar-refractivity contribution in [3.63, 3.8) is 0 Å². The van der Waals surface area contributed by atoms with Gasteiger partial charge in [-0.25, -0.2) is 0 Å². The molecule has 1 fully saturated rings. The summed E-state index contributed by atoms with van der Waals surface area (Å²) in [6, 6.07) is 2.87. The van der Waals surface area contributed by atoms with Crippen molar-refractivity contribution in [3.05, 3.63) is 23.2 Å². The maximum absolute atomic E-state index is 5.75. The number of furan rings is 1. The molecule has 2 N–H and O–H groups in total. The van der Waals surface area contributed by atoms with Gasteiger partial charge in [-0.3, -0.25) is 4.90 Å². The van der Waals surface area contributed by atoms with Crippen LogP contribution in [0.25, 0.3) is 0 Å². The molecule has 0 spiro atoms. The zero-order valence-corrected chi connectivity index (χ0v) is 10.3. The summed E-state index contributed by atoms with van der Waals surface area (Å²) in [5, 5.41) is 0. The Morgan fingerprint density at radius 1 is 1.56 bits per heavy atom. The Bertz CT molecular complexity index is 346. The van der Waals surface area contributed by atoms with Crippen LogP contribution in [0.15, 0.2) is 10.5 Å². The van der Waals surface area contributed by atoms with Crippen LogP contribution in [0.2, 0.25) is 0 Å². The standard InChI is InChI=1S/C13H22N2O/c1-3-11-5-4-6-15(11)9-12-7-10(2)13(8-14)16-12/h7,11H,3-6,8-9,14H2,1-2H3. The third kappa shape index (κ3) is 2.30. The maximum atomic E-state index is 5.75. The first-order valence-electron chi connectivity index (χ1n) is 6.27. The third-order valence-electron chi connectivity index (χ3n) is 3.59. The minimum absolute atomic E-state index is 0.503. The van der Waals surface area contributed by atoms with Crippen molar-refractivity contribution >= 4 is 0 Å². The summed E-state index contributed by atoms with van der Waals surface area (Å²) in [6.07, 6.45) is 3.89. The van der Waals surface area contributed by atoms with Gasteiger partial charge in [-0.1, -0.05) is 6.92 Å². The van der Waals surface area contributed by atoms with Crippen molar-refractivity contribution in [1.82, 2.24) is 4.90 Å². The summed E-state index contributed by atoms with van der Waals surface area (Å²) in [7, 11) is 0. The summed E-state index contributed by atoms with van der Waals surface area (Å²) >= 11 is 0. The second kappa shape index (κ2) is 5.02. The van der Waals surface area contributed by atoms with E-state index in [-0.39, 0.29) is 0 Å². The van der Waals surface area contributed by atoms with E-state index >= 15 is 0 Å². The van der Waals surface area contributed by atoms with Crippen LogP contribution in [0.5, 0.6) is 0 Å². The summed E-state index contributed by atoms with van der Waals surface area (Å²) in [4.78, 5) is 2.53. The Morgan fingerprint density at radius 2 is 2.38 bits per heavy atom. The maximum Gasteiger partial charge on any atom is 0.120 e. The van der Waals surface area contributed by atoms with Crippen molar-refractivity contribution in [1.29, 1.82) is 0 Å². The number of likely N-dealkylation sites (tertiary alicyclic amines) is 1. The molecule has 1 aromatic rings. The molecule has 16 heavy (non-hydrogen) atoms. The highest BCUT2D eigenvalue weighted by atomic mass is 16.3. The van der Waals surface area contributed by atoms with Crippen LogP contribution in [0.4, 0.5) is 0 Å². The Labute approximate surface area is 97.6 Å². The SMILES string of the molecule is CCC1CCCN1Cc1cc(C)c(CN)o1. The van der Waals surface area contributed by atoms with Gasteiger partial charge in [0.25, 0.3) is 0 Å². The number of nitrogens with zero attached hydrogens (tertiary/aromatic N) is 1. The molecule has 0 amide bonds. The van der Waals surface area contributed by atoms with Gasteiger partial charge in [0.05, 0.1) is 13.1 Å². The molecule has 90 valence electrons. The Hall–Kier alpha value is -0.800. The van der Waals surface area contributed by atoms with Crippen LogP contribution in [-0.4, -0.2) is 17.5 Å². The van der Waals surface area contributed by atoms with Gasteiger partial charge >= 0.3 is 0 Å². The lowest BCUT2D eigenvalue weighted by atomic mass is 10.1. The van der Waals surface area contributed by atoms with Gasteiger partial charge < -0.3 is 10.2 Å². The largest absolute Gasteiger partial charge is 0.463 e. The molecule has 3 nitrogen and oxygen atoms in total. The van der Waals surface area contributed by atoms with Crippen LogP contribution in [0, 0.1) is 6.92 Å². The van der Waals surface area contributed by atoms with Crippen LogP contribution in [-0.2, 0) is 13.1 Å². The molecule has 2 rings (SSSR count). The molecule has 0 saturated carbocycles. The van der Waals surface area contributed by atoms with E-state index in [0.29, 0.717) is 6.54 Å². The van der Waals surface area contributed by atoms with Crippen LogP contribution >= 0.6 is 0 Å². The number of nitrogens with two attached hydrogens (primary N) is 1. The average molecular weight is 222 g/mol. The van der Waals surface area contributed by atoms with E-state index in [9.17, 15) is 0 Å². The fourth-order valence-corrected chi connectivity index (χ4v) is 2.64. The summed E-state index contributed by atoms with van der Waals surface area (Å²) in [6.45, 7) is 6.98. The third-order valence-corrected chi connectivity index (χ3v) is 3.59. The van der Waals surface area contributed by atoms with Gasteiger partial charge in [0.15, 0.2) is 0 Å². The molecule has 1 unspecified atom stereocenters. The predicted octanol–water partition coefficient (Wildman–Crippen LogP) is 2.42. The zero-order chi connectivity index (χ0) is 11.5. The first-order valence-corrected chi connectivity index (χ1v) is 6.27. The topological polar surface area (TPSA) is 42.4 Å². The van der Waals surface area contributed by atoms with Gasteiger partial charge in [0.1, 0.15) is 11.5 Å². The molecule has 3 heteroatoms. The van der Waals surface area contributed by atoms with Crippen LogP contribution < -0.4 is 5.73 Å². The van der Waals surface area contributed by atoms with E-state index in [1.807, 2.05) is 0 Å². The van der Waals surface area contributed by atoms with Crippen molar-refractivity contribution in [2.45, 2.75) is 52.2 Å². The predicted molar refractivity (Wildman–Crippen MR) is 65.1 cm³/mol. The van der Waals surface area contributed by atoms with Crippen molar-refractivity contribution in [2.75, 3.05) is 6.54 Å². The number of aryl methyl sites for hydroxylation is 1. The number of hydrogen-bond acceptors (Lipinski definition) is 3. The van der Waals surface area contributed by atoms with E-state index in [2.05, 4.69) is 24.8 Å². The lowest BCUT2D eigenvalue weighted by Crippen LogP contribution is -2.27. The number of hydrogen-bond donors (Lipinski definition) is 1. The first-order chi connectivity index (χ1) is 7.74. The second-order valence-electron chi connectivity index (χ2n) is 4.70. The Balaban J connectivity index is 2.02. The Kier molecular flexibility index (Phi) is 3.66. The Morgan fingerprint density at radius 3 is 3.00 bits per heavy atom. The lowest BCUT2D eigenvalue weighted by Gasteiger charge is -2.21. The van der Waals surface area contributed by atoms with E-state index in [1.54, 1.807) is 0 Å². The summed E-state index contributed by atoms with van der Waals surface area (Å²) < 4.78 is 5.75. The molecule has 0 aromatic carbocycles. The molecule has 1 aliphatic rings. The molecule has 1 saturated heterocycles. The highest BCUT2D eigenvalue weighted by Crippen LogP contribution is 2.24. The molecule has 0 radical (unpaired) electrons. The van der Waals surface area contributed by atoms with Crippen molar-refractivity contribution in [3.8, 4) is 0 Å². The molecule has 0 bridgehead atoms. The normalized spacial score (nSPS) is 21.8. The number of rotatable bonds is 4. The highest BCUT2D eigenvalue weighted by molar-refractivity contribution is 5.19. The van der Waals surface area contributed by atoms with Gasteiger partial charge in [-0.2, -0.15) is 0 Å². The highest BCUT2D eigenvalue weighted by Gasteiger charge is 2.23. The van der Waals surface area contributed by atoms with Gasteiger partial charge in [-0.05, 0) is 44.4 Å². The van der Waals surface area contributed by atoms with Gasteiger partial charge in [-0.15, -0.1) is 0 Å². The molecular formula is C13H22N2O. The minimum Gasteiger partial charge on any atom is -0.463 e. The molecular weight excluding hydrogens is 200 g/mol. The van der Waals surface area contributed by atoms with Crippen molar-refractivity contribution in [2.24, 2.45) is 5.73 Å². The van der Waals surface area contributed by atoms with E-state index < -0.39 is 0 Å². The molecule has 1 aliphatic heterocycles. The van der Waals surface area contributed by atoms with Gasteiger partial charge in [0, 0.05) is 6.04 Å². The van der Waals surface area contributed by atoms with Crippen LogP contribution in [0.3, 0.4) is 0 Å². The van der Waals surface area contributed by atoms with Crippen LogP contribution in [0.1, 0.15) is 43.3 Å². The molecule has 1 aromatic heterocycles. The van der Waals surface area contributed by atoms with E-state index in [1.165, 1.54) is 31.4 Å². The fraction of sp³-hybridized carbons (Fsp3) is 0.692. The van der Waals surface area contributed by atoms with Gasteiger partial charge in [0.2, 0.25) is 0 Å². The smallest absolute Gasteiger partial charge is 0.120 e. The molecule has 1 atom stereocenters. The second-order valence-corrected chi connectivity index (χ2v) is 4.70. The molecule has 2 heterocycles. The van der Waals surface area contributed by atoms with E-state index in [4.69, 9.17) is 10.2 Å². The summed E-state index contributed by atoms with van der Waals surface area (Å²) in [5.41, 5.74) is 6.80. The van der Waals surface area contributed by atoms with Crippen molar-refractivity contribution < 1.29 is 4.42 Å². The zero-order valence-electron chi connectivity index (χ0n) is 10.3. The minimum atomic E-state index is 0.503.